The van der Waals surface area contributed by atoms with Gasteiger partial charge < -0.3 is 10.3 Å². The molecule has 0 radical (unpaired) electrons. The van der Waals surface area contributed by atoms with Gasteiger partial charge in [-0.25, -0.2) is 4.98 Å². The van der Waals surface area contributed by atoms with Crippen molar-refractivity contribution in [3.05, 3.63) is 22.2 Å². The third-order valence-corrected chi connectivity index (χ3v) is 3.67. The fourth-order valence-corrected chi connectivity index (χ4v) is 2.28. The van der Waals surface area contributed by atoms with Crippen LogP contribution in [0.3, 0.4) is 0 Å². The molecule has 2 N–H and O–H groups in total. The molecule has 1 aromatic rings. The maximum atomic E-state index is 11.3. The summed E-state index contributed by atoms with van der Waals surface area (Å²) in [6.45, 7) is 4.96. The van der Waals surface area contributed by atoms with Gasteiger partial charge >= 0.3 is 0 Å². The third-order valence-electron chi connectivity index (χ3n) is 3.67. The third kappa shape index (κ3) is 2.26. The summed E-state index contributed by atoms with van der Waals surface area (Å²) in [7, 11) is 0. The van der Waals surface area contributed by atoms with E-state index in [4.69, 9.17) is 0 Å². The minimum Gasteiger partial charge on any atom is -0.369 e. The number of H-pyrrole nitrogens is 1. The zero-order chi connectivity index (χ0) is 11.6. The second kappa shape index (κ2) is 4.28. The summed E-state index contributed by atoms with van der Waals surface area (Å²) in [4.78, 5) is 18.2. The molecule has 0 aromatic carbocycles. The molecule has 16 heavy (non-hydrogen) atoms. The molecule has 88 valence electrons. The zero-order valence-electron chi connectivity index (χ0n) is 9.97. The van der Waals surface area contributed by atoms with Crippen LogP contribution in [0.1, 0.15) is 38.4 Å². The zero-order valence-corrected chi connectivity index (χ0v) is 9.97. The van der Waals surface area contributed by atoms with Crippen molar-refractivity contribution in [1.82, 2.24) is 9.97 Å². The van der Waals surface area contributed by atoms with Crippen molar-refractivity contribution < 1.29 is 0 Å². The molecule has 1 saturated carbocycles. The molecule has 1 aliphatic carbocycles. The monoisotopic (exact) mass is 221 g/mol. The Labute approximate surface area is 95.5 Å². The minimum atomic E-state index is -0.0887. The number of hydrogen-bond donors (Lipinski definition) is 2. The van der Waals surface area contributed by atoms with Gasteiger partial charge in [0.05, 0.1) is 0 Å². The fraction of sp³-hybridized carbons (Fsp3) is 0.667. The van der Waals surface area contributed by atoms with E-state index in [0.717, 1.165) is 6.54 Å². The Morgan fingerprint density at radius 3 is 2.81 bits per heavy atom. The number of nitrogens with zero attached hydrogens (tertiary/aromatic N) is 1. The first-order valence-corrected chi connectivity index (χ1v) is 5.95. The van der Waals surface area contributed by atoms with Crippen LogP contribution in [0.4, 0.5) is 5.82 Å². The van der Waals surface area contributed by atoms with Crippen LogP contribution in [0.2, 0.25) is 0 Å². The maximum absolute atomic E-state index is 11.3. The molecule has 0 saturated heterocycles. The number of aromatic nitrogens is 2. The highest BCUT2D eigenvalue weighted by Gasteiger charge is 2.34. The van der Waals surface area contributed by atoms with Crippen LogP contribution in [0.5, 0.6) is 0 Å². The number of aryl methyl sites for hydroxylation is 1. The number of anilines is 1. The molecule has 2 rings (SSSR count). The Morgan fingerprint density at radius 2 is 2.31 bits per heavy atom. The second-order valence-corrected chi connectivity index (χ2v) is 4.78. The summed E-state index contributed by atoms with van der Waals surface area (Å²) < 4.78 is 0. The molecule has 1 fully saturated rings. The van der Waals surface area contributed by atoms with Gasteiger partial charge in [-0.15, -0.1) is 0 Å². The van der Waals surface area contributed by atoms with E-state index in [1.165, 1.54) is 31.7 Å². The van der Waals surface area contributed by atoms with Crippen molar-refractivity contribution in [2.24, 2.45) is 5.41 Å². The number of hydrogen-bond acceptors (Lipinski definition) is 3. The van der Waals surface area contributed by atoms with E-state index in [1.807, 2.05) is 0 Å². The van der Waals surface area contributed by atoms with E-state index in [1.54, 1.807) is 6.92 Å². The van der Waals surface area contributed by atoms with Crippen LogP contribution in [-0.2, 0) is 0 Å². The van der Waals surface area contributed by atoms with Gasteiger partial charge in [0, 0.05) is 12.6 Å². The molecule has 0 aliphatic heterocycles. The normalized spacial score (nSPS) is 17.9. The highest BCUT2D eigenvalue weighted by Crippen LogP contribution is 2.43. The van der Waals surface area contributed by atoms with Gasteiger partial charge in [-0.1, -0.05) is 13.3 Å². The van der Waals surface area contributed by atoms with Crippen LogP contribution in [0, 0.1) is 12.3 Å². The summed E-state index contributed by atoms with van der Waals surface area (Å²) in [5, 5.41) is 3.29. The van der Waals surface area contributed by atoms with Gasteiger partial charge in [-0.2, -0.15) is 0 Å². The smallest absolute Gasteiger partial charge is 0.252 e. The Hall–Kier alpha value is -1.32. The molecule has 0 bridgehead atoms. The molecule has 1 aromatic heterocycles. The van der Waals surface area contributed by atoms with Crippen molar-refractivity contribution in [3.8, 4) is 0 Å². The second-order valence-electron chi connectivity index (χ2n) is 4.78. The Bertz CT molecular complexity index is 415. The predicted molar refractivity (Wildman–Crippen MR) is 64.7 cm³/mol. The molecule has 4 nitrogen and oxygen atoms in total. The van der Waals surface area contributed by atoms with Crippen molar-refractivity contribution in [2.75, 3.05) is 11.9 Å². The largest absolute Gasteiger partial charge is 0.369 e. The summed E-state index contributed by atoms with van der Waals surface area (Å²) in [6, 6.07) is 1.52. The lowest BCUT2D eigenvalue weighted by atomic mass is 9.67. The van der Waals surface area contributed by atoms with Crippen molar-refractivity contribution >= 4 is 5.82 Å². The molecule has 0 amide bonds. The minimum absolute atomic E-state index is 0.0887. The number of nitrogens with one attached hydrogen (secondary N) is 2. The molecule has 0 spiro atoms. The SMILES string of the molecule is CCC1(CNc2cc(=O)[nH]c(C)n2)CCC1. The lowest BCUT2D eigenvalue weighted by Crippen LogP contribution is -2.36. The Kier molecular flexibility index (Phi) is 2.99. The molecule has 0 unspecified atom stereocenters. The van der Waals surface area contributed by atoms with E-state index in [-0.39, 0.29) is 5.56 Å². The van der Waals surface area contributed by atoms with E-state index >= 15 is 0 Å². The van der Waals surface area contributed by atoms with Gasteiger partial charge in [0.25, 0.3) is 5.56 Å². The van der Waals surface area contributed by atoms with E-state index in [2.05, 4.69) is 22.2 Å². The number of aromatic amines is 1. The average Bonchev–Trinajstić information content (AvgIpc) is 2.15. The molecule has 0 atom stereocenters. The van der Waals surface area contributed by atoms with Crippen molar-refractivity contribution in [3.63, 3.8) is 0 Å². The van der Waals surface area contributed by atoms with Gasteiger partial charge in [-0.05, 0) is 31.6 Å². The van der Waals surface area contributed by atoms with Gasteiger partial charge in [-0.3, -0.25) is 4.79 Å². The molecular formula is C12H19N3O. The average molecular weight is 221 g/mol. The highest BCUT2D eigenvalue weighted by atomic mass is 16.1. The first-order chi connectivity index (χ1) is 7.63. The van der Waals surface area contributed by atoms with Crippen LogP contribution in [-0.4, -0.2) is 16.5 Å². The van der Waals surface area contributed by atoms with Gasteiger partial charge in [0.1, 0.15) is 11.6 Å². The van der Waals surface area contributed by atoms with Crippen molar-refractivity contribution in [1.29, 1.82) is 0 Å². The summed E-state index contributed by atoms with van der Waals surface area (Å²) >= 11 is 0. The van der Waals surface area contributed by atoms with E-state index in [0.29, 0.717) is 17.1 Å². The summed E-state index contributed by atoms with van der Waals surface area (Å²) in [5.74, 6) is 1.36. The van der Waals surface area contributed by atoms with Gasteiger partial charge in [0.15, 0.2) is 0 Å². The van der Waals surface area contributed by atoms with Crippen LogP contribution >= 0.6 is 0 Å². The molecule has 1 heterocycles. The lowest BCUT2D eigenvalue weighted by Gasteiger charge is -2.41. The van der Waals surface area contributed by atoms with Crippen LogP contribution in [0.25, 0.3) is 0 Å². The lowest BCUT2D eigenvalue weighted by molar-refractivity contribution is 0.145. The maximum Gasteiger partial charge on any atom is 0.252 e. The predicted octanol–water partition coefficient (Wildman–Crippen LogP) is 2.07. The molecular weight excluding hydrogens is 202 g/mol. The van der Waals surface area contributed by atoms with Crippen LogP contribution in [0.15, 0.2) is 10.9 Å². The first kappa shape index (κ1) is 11.2. The molecule has 4 heteroatoms. The Balaban J connectivity index is 2.01. The summed E-state index contributed by atoms with van der Waals surface area (Å²) in [5.41, 5.74) is 0.354. The van der Waals surface area contributed by atoms with Gasteiger partial charge in [0.2, 0.25) is 0 Å². The van der Waals surface area contributed by atoms with E-state index < -0.39 is 0 Å². The number of rotatable bonds is 4. The summed E-state index contributed by atoms with van der Waals surface area (Å²) in [6.07, 6.45) is 5.11. The Morgan fingerprint density at radius 1 is 1.56 bits per heavy atom. The standard InChI is InChI=1S/C12H19N3O/c1-3-12(5-4-6-12)8-13-10-7-11(16)15-9(2)14-10/h7H,3-6,8H2,1-2H3,(H2,13,14,15,16). The van der Waals surface area contributed by atoms with Crippen LogP contribution < -0.4 is 10.9 Å². The topological polar surface area (TPSA) is 57.8 Å². The fourth-order valence-electron chi connectivity index (χ4n) is 2.28. The molecule has 1 aliphatic rings. The highest BCUT2D eigenvalue weighted by molar-refractivity contribution is 5.33. The quantitative estimate of drug-likeness (QED) is 0.818. The van der Waals surface area contributed by atoms with Crippen molar-refractivity contribution in [2.45, 2.75) is 39.5 Å². The van der Waals surface area contributed by atoms with E-state index in [9.17, 15) is 4.79 Å². The first-order valence-electron chi connectivity index (χ1n) is 5.95.